The van der Waals surface area contributed by atoms with Gasteiger partial charge in [-0.2, -0.15) is 0 Å². The third-order valence-corrected chi connectivity index (χ3v) is 4.32. The van der Waals surface area contributed by atoms with E-state index in [0.717, 1.165) is 19.3 Å². The number of carbonyl (C=O) groups is 1. The van der Waals surface area contributed by atoms with Gasteiger partial charge in [-0.3, -0.25) is 4.79 Å². The van der Waals surface area contributed by atoms with Crippen molar-refractivity contribution in [2.75, 3.05) is 0 Å². The molecule has 0 aromatic heterocycles. The lowest BCUT2D eigenvalue weighted by Gasteiger charge is -2.22. The van der Waals surface area contributed by atoms with Crippen LogP contribution < -0.4 is 11.1 Å². The molecule has 0 aromatic rings. The average Bonchev–Trinajstić information content (AvgIpc) is 2.87. The summed E-state index contributed by atoms with van der Waals surface area (Å²) < 4.78 is 0. The van der Waals surface area contributed by atoms with Gasteiger partial charge in [0.25, 0.3) is 0 Å². The first-order valence-electron chi connectivity index (χ1n) is 6.72. The number of hydrogen-bond donors (Lipinski definition) is 2. The molecule has 2 unspecified atom stereocenters. The van der Waals surface area contributed by atoms with Crippen LogP contribution in [0, 0.1) is 11.8 Å². The largest absolute Gasteiger partial charge is 0.353 e. The van der Waals surface area contributed by atoms with Gasteiger partial charge in [-0.05, 0) is 44.9 Å². The molecule has 3 heteroatoms. The third kappa shape index (κ3) is 2.76. The van der Waals surface area contributed by atoms with E-state index < -0.39 is 0 Å². The van der Waals surface area contributed by atoms with Crippen LogP contribution >= 0.6 is 0 Å². The molecule has 2 fully saturated rings. The van der Waals surface area contributed by atoms with Crippen molar-refractivity contribution in [2.45, 2.75) is 64.0 Å². The van der Waals surface area contributed by atoms with Gasteiger partial charge in [0.1, 0.15) is 0 Å². The standard InChI is InChI=1S/C13H24N2O/c1-9(10-4-2-3-5-10)15-13(16)11-6-7-12(14)8-11/h9-12H,2-8,14H2,1H3,(H,15,16)/t9-,11?,12?/m1/s1. The van der Waals surface area contributed by atoms with Crippen molar-refractivity contribution >= 4 is 5.91 Å². The molecule has 0 spiro atoms. The van der Waals surface area contributed by atoms with E-state index in [1.165, 1.54) is 25.7 Å². The van der Waals surface area contributed by atoms with Gasteiger partial charge in [-0.25, -0.2) is 0 Å². The molecule has 2 aliphatic rings. The number of carbonyl (C=O) groups excluding carboxylic acids is 1. The highest BCUT2D eigenvalue weighted by atomic mass is 16.1. The predicted molar refractivity (Wildman–Crippen MR) is 64.9 cm³/mol. The maximum Gasteiger partial charge on any atom is 0.223 e. The summed E-state index contributed by atoms with van der Waals surface area (Å²) in [5.41, 5.74) is 5.84. The minimum Gasteiger partial charge on any atom is -0.353 e. The molecule has 2 rings (SSSR count). The summed E-state index contributed by atoms with van der Waals surface area (Å²) in [6, 6.07) is 0.601. The summed E-state index contributed by atoms with van der Waals surface area (Å²) in [5.74, 6) is 1.13. The van der Waals surface area contributed by atoms with Gasteiger partial charge in [0.05, 0.1) is 0 Å². The van der Waals surface area contributed by atoms with Crippen molar-refractivity contribution in [3.63, 3.8) is 0 Å². The second kappa shape index (κ2) is 5.17. The van der Waals surface area contributed by atoms with Crippen LogP contribution in [-0.4, -0.2) is 18.0 Å². The Kier molecular flexibility index (Phi) is 3.85. The molecule has 92 valence electrons. The molecular weight excluding hydrogens is 200 g/mol. The first kappa shape index (κ1) is 11.9. The summed E-state index contributed by atoms with van der Waals surface area (Å²) in [5, 5.41) is 3.19. The van der Waals surface area contributed by atoms with Gasteiger partial charge >= 0.3 is 0 Å². The van der Waals surface area contributed by atoms with Crippen LogP contribution in [0.4, 0.5) is 0 Å². The average molecular weight is 224 g/mol. The van der Waals surface area contributed by atoms with Crippen LogP contribution in [0.5, 0.6) is 0 Å². The third-order valence-electron chi connectivity index (χ3n) is 4.32. The quantitative estimate of drug-likeness (QED) is 0.768. The highest BCUT2D eigenvalue weighted by Gasteiger charge is 2.30. The SMILES string of the molecule is C[C@@H](NC(=O)C1CCC(N)C1)C1CCCC1. The summed E-state index contributed by atoms with van der Waals surface area (Å²) in [7, 11) is 0. The Labute approximate surface area is 98.2 Å². The van der Waals surface area contributed by atoms with Crippen LogP contribution in [0.1, 0.15) is 51.9 Å². The minimum absolute atomic E-state index is 0.179. The van der Waals surface area contributed by atoms with Gasteiger partial charge in [0, 0.05) is 18.0 Å². The van der Waals surface area contributed by atoms with Gasteiger partial charge in [-0.1, -0.05) is 12.8 Å². The van der Waals surface area contributed by atoms with Crippen molar-refractivity contribution in [1.29, 1.82) is 0 Å². The van der Waals surface area contributed by atoms with Crippen molar-refractivity contribution in [3.05, 3.63) is 0 Å². The summed E-state index contributed by atoms with van der Waals surface area (Å²) in [6.07, 6.45) is 8.10. The Bertz CT molecular complexity index is 248. The Morgan fingerprint density at radius 2 is 1.94 bits per heavy atom. The number of hydrogen-bond acceptors (Lipinski definition) is 2. The molecule has 2 saturated carbocycles. The zero-order valence-electron chi connectivity index (χ0n) is 10.2. The van der Waals surface area contributed by atoms with Crippen LogP contribution in [0.3, 0.4) is 0 Å². The molecular formula is C13H24N2O. The lowest BCUT2D eigenvalue weighted by atomic mass is 9.98. The fourth-order valence-electron chi connectivity index (χ4n) is 3.17. The van der Waals surface area contributed by atoms with E-state index in [4.69, 9.17) is 5.73 Å². The lowest BCUT2D eigenvalue weighted by molar-refractivity contribution is -0.125. The Morgan fingerprint density at radius 3 is 2.50 bits per heavy atom. The second-order valence-corrected chi connectivity index (χ2v) is 5.61. The van der Waals surface area contributed by atoms with E-state index in [1.807, 2.05) is 0 Å². The van der Waals surface area contributed by atoms with Gasteiger partial charge < -0.3 is 11.1 Å². The van der Waals surface area contributed by atoms with E-state index in [-0.39, 0.29) is 17.9 Å². The highest BCUT2D eigenvalue weighted by Crippen LogP contribution is 2.29. The molecule has 2 aliphatic carbocycles. The number of rotatable bonds is 3. The van der Waals surface area contributed by atoms with Crippen LogP contribution in [0.2, 0.25) is 0 Å². The maximum absolute atomic E-state index is 12.0. The predicted octanol–water partition coefficient (Wildman–Crippen LogP) is 1.81. The second-order valence-electron chi connectivity index (χ2n) is 5.61. The van der Waals surface area contributed by atoms with Crippen LogP contribution in [0.15, 0.2) is 0 Å². The molecule has 0 radical (unpaired) electrons. The summed E-state index contributed by atoms with van der Waals surface area (Å²) in [6.45, 7) is 2.16. The minimum atomic E-state index is 0.179. The zero-order valence-corrected chi connectivity index (χ0v) is 10.2. The number of amides is 1. The Morgan fingerprint density at radius 1 is 1.25 bits per heavy atom. The van der Waals surface area contributed by atoms with Crippen molar-refractivity contribution in [1.82, 2.24) is 5.32 Å². The molecule has 0 heterocycles. The topological polar surface area (TPSA) is 55.1 Å². The van der Waals surface area contributed by atoms with Crippen LogP contribution in [-0.2, 0) is 4.79 Å². The molecule has 0 aliphatic heterocycles. The number of nitrogens with two attached hydrogens (primary N) is 1. The van der Waals surface area contributed by atoms with Crippen LogP contribution in [0.25, 0.3) is 0 Å². The van der Waals surface area contributed by atoms with E-state index in [9.17, 15) is 4.79 Å². The summed E-state index contributed by atoms with van der Waals surface area (Å²) >= 11 is 0. The number of nitrogens with one attached hydrogen (secondary N) is 1. The lowest BCUT2D eigenvalue weighted by Crippen LogP contribution is -2.40. The maximum atomic E-state index is 12.0. The molecule has 3 N–H and O–H groups in total. The van der Waals surface area contributed by atoms with E-state index in [1.54, 1.807) is 0 Å². The molecule has 0 saturated heterocycles. The van der Waals surface area contributed by atoms with Gasteiger partial charge in [-0.15, -0.1) is 0 Å². The first-order chi connectivity index (χ1) is 7.66. The summed E-state index contributed by atoms with van der Waals surface area (Å²) in [4.78, 5) is 12.0. The van der Waals surface area contributed by atoms with E-state index >= 15 is 0 Å². The smallest absolute Gasteiger partial charge is 0.223 e. The molecule has 3 atom stereocenters. The molecule has 3 nitrogen and oxygen atoms in total. The van der Waals surface area contributed by atoms with Crippen molar-refractivity contribution < 1.29 is 4.79 Å². The van der Waals surface area contributed by atoms with E-state index in [0.29, 0.717) is 12.0 Å². The van der Waals surface area contributed by atoms with Gasteiger partial charge in [0.2, 0.25) is 5.91 Å². The normalized spacial score (nSPS) is 32.9. The Hall–Kier alpha value is -0.570. The monoisotopic (exact) mass is 224 g/mol. The molecule has 0 bridgehead atoms. The van der Waals surface area contributed by atoms with Gasteiger partial charge in [0.15, 0.2) is 0 Å². The fraction of sp³-hybridized carbons (Fsp3) is 0.923. The first-order valence-corrected chi connectivity index (χ1v) is 6.72. The molecule has 16 heavy (non-hydrogen) atoms. The molecule has 1 amide bonds. The van der Waals surface area contributed by atoms with E-state index in [2.05, 4.69) is 12.2 Å². The fourth-order valence-corrected chi connectivity index (χ4v) is 3.17. The zero-order chi connectivity index (χ0) is 11.5. The van der Waals surface area contributed by atoms with Crippen molar-refractivity contribution in [2.24, 2.45) is 17.6 Å². The Balaban J connectivity index is 1.77. The van der Waals surface area contributed by atoms with Crippen molar-refractivity contribution in [3.8, 4) is 0 Å². The molecule has 0 aromatic carbocycles. The highest BCUT2D eigenvalue weighted by molar-refractivity contribution is 5.79.